The Kier molecular flexibility index (Phi) is 42.1. The second-order valence-electron chi connectivity index (χ2n) is 1.65. The second kappa shape index (κ2) is 16.7. The standard InChI is InChI=1S/C6H8Si.5H2O/c7-6-4-2-1-3-5-6;;;;;/h1-5H,7H3;5*1H2. The Morgan fingerprint density at radius 3 is 1.17 bits per heavy atom. The van der Waals surface area contributed by atoms with Crippen molar-refractivity contribution < 1.29 is 27.4 Å². The molecule has 0 heterocycles. The van der Waals surface area contributed by atoms with E-state index in [4.69, 9.17) is 0 Å². The highest BCUT2D eigenvalue weighted by molar-refractivity contribution is 6.32. The van der Waals surface area contributed by atoms with Crippen molar-refractivity contribution in [2.75, 3.05) is 0 Å². The molecule has 0 aliphatic rings. The largest absolute Gasteiger partial charge is 0.412 e. The molecule has 6 heteroatoms. The zero-order valence-corrected chi connectivity index (χ0v) is 8.89. The molecule has 0 radical (unpaired) electrons. The van der Waals surface area contributed by atoms with Crippen LogP contribution in [-0.4, -0.2) is 37.6 Å². The zero-order chi connectivity index (χ0) is 5.11. The van der Waals surface area contributed by atoms with Crippen LogP contribution < -0.4 is 5.19 Å². The molecule has 0 amide bonds. The monoisotopic (exact) mass is 198 g/mol. The normalized spacial score (nSPS) is 5.33. The van der Waals surface area contributed by atoms with E-state index in [1.807, 2.05) is 6.07 Å². The summed E-state index contributed by atoms with van der Waals surface area (Å²) in [5.74, 6) is 0. The van der Waals surface area contributed by atoms with Crippen LogP contribution in [0, 0.1) is 0 Å². The molecule has 0 aliphatic heterocycles. The lowest BCUT2D eigenvalue weighted by molar-refractivity contribution is 0.823. The number of benzene rings is 1. The molecule has 0 saturated carbocycles. The minimum atomic E-state index is 0. The Morgan fingerprint density at radius 2 is 1.00 bits per heavy atom. The van der Waals surface area contributed by atoms with E-state index in [9.17, 15) is 0 Å². The second-order valence-corrected chi connectivity index (χ2v) is 2.81. The number of rotatable bonds is 0. The third-order valence-electron chi connectivity index (χ3n) is 0.940. The first-order valence-electron chi connectivity index (χ1n) is 2.41. The molecule has 0 unspecified atom stereocenters. The lowest BCUT2D eigenvalue weighted by Crippen LogP contribution is -1.97. The van der Waals surface area contributed by atoms with Crippen molar-refractivity contribution in [3.05, 3.63) is 30.3 Å². The van der Waals surface area contributed by atoms with Gasteiger partial charge < -0.3 is 27.4 Å². The van der Waals surface area contributed by atoms with E-state index in [-0.39, 0.29) is 27.4 Å². The van der Waals surface area contributed by atoms with Gasteiger partial charge in [-0.15, -0.1) is 0 Å². The predicted molar refractivity (Wildman–Crippen MR) is 54.1 cm³/mol. The van der Waals surface area contributed by atoms with Crippen LogP contribution in [0.25, 0.3) is 0 Å². The molecule has 1 rings (SSSR count). The fourth-order valence-corrected chi connectivity index (χ4v) is 0.919. The molecule has 0 atom stereocenters. The Labute approximate surface area is 74.0 Å². The Balaban J connectivity index is -0.0000000327. The van der Waals surface area contributed by atoms with Crippen molar-refractivity contribution in [1.29, 1.82) is 0 Å². The summed E-state index contributed by atoms with van der Waals surface area (Å²) in [7, 11) is 1.17. The van der Waals surface area contributed by atoms with Gasteiger partial charge in [-0.25, -0.2) is 0 Å². The molecule has 0 spiro atoms. The van der Waals surface area contributed by atoms with Crippen LogP contribution in [0.1, 0.15) is 0 Å². The van der Waals surface area contributed by atoms with E-state index in [0.29, 0.717) is 0 Å². The molecule has 0 saturated heterocycles. The molecular formula is C6H18O5Si. The van der Waals surface area contributed by atoms with E-state index in [0.717, 1.165) is 0 Å². The summed E-state index contributed by atoms with van der Waals surface area (Å²) < 4.78 is 0. The predicted octanol–water partition coefficient (Wildman–Crippen LogP) is -4.45. The van der Waals surface area contributed by atoms with Crippen molar-refractivity contribution in [1.82, 2.24) is 0 Å². The van der Waals surface area contributed by atoms with Crippen LogP contribution in [0.5, 0.6) is 0 Å². The van der Waals surface area contributed by atoms with Crippen molar-refractivity contribution in [3.8, 4) is 0 Å². The van der Waals surface area contributed by atoms with Crippen molar-refractivity contribution >= 4 is 15.4 Å². The maximum absolute atomic E-state index is 2.15. The first-order valence-corrected chi connectivity index (χ1v) is 3.41. The molecule has 12 heavy (non-hydrogen) atoms. The highest BCUT2D eigenvalue weighted by Crippen LogP contribution is 1.76. The minimum absolute atomic E-state index is 0. The van der Waals surface area contributed by atoms with Gasteiger partial charge in [0.15, 0.2) is 0 Å². The van der Waals surface area contributed by atoms with E-state index in [1.165, 1.54) is 15.4 Å². The first kappa shape index (κ1) is 30.3. The van der Waals surface area contributed by atoms with Gasteiger partial charge in [0.1, 0.15) is 0 Å². The average Bonchev–Trinajstić information content (AvgIpc) is 1.69. The molecule has 10 N–H and O–H groups in total. The quantitative estimate of drug-likeness (QED) is 0.368. The average molecular weight is 198 g/mol. The summed E-state index contributed by atoms with van der Waals surface area (Å²) in [4.78, 5) is 0. The van der Waals surface area contributed by atoms with E-state index >= 15 is 0 Å². The van der Waals surface area contributed by atoms with Gasteiger partial charge in [-0.3, -0.25) is 0 Å². The smallest absolute Gasteiger partial charge is 0.0384 e. The van der Waals surface area contributed by atoms with Crippen molar-refractivity contribution in [2.24, 2.45) is 0 Å². The van der Waals surface area contributed by atoms with E-state index in [1.54, 1.807) is 0 Å². The van der Waals surface area contributed by atoms with E-state index < -0.39 is 0 Å². The SMILES string of the molecule is O.O.O.O.O.[SiH3]c1ccccc1. The van der Waals surface area contributed by atoms with Crippen LogP contribution >= 0.6 is 0 Å². The summed E-state index contributed by atoms with van der Waals surface area (Å²) in [6.07, 6.45) is 0. The van der Waals surface area contributed by atoms with Crippen LogP contribution in [0.2, 0.25) is 0 Å². The van der Waals surface area contributed by atoms with Gasteiger partial charge in [0.25, 0.3) is 0 Å². The van der Waals surface area contributed by atoms with E-state index in [2.05, 4.69) is 24.3 Å². The Hall–Kier alpha value is -0.763. The highest BCUT2D eigenvalue weighted by atomic mass is 28.1. The van der Waals surface area contributed by atoms with Crippen LogP contribution in [0.15, 0.2) is 30.3 Å². The summed E-state index contributed by atoms with van der Waals surface area (Å²) >= 11 is 0. The molecule has 5 nitrogen and oxygen atoms in total. The topological polar surface area (TPSA) is 158 Å². The number of hydrogen-bond acceptors (Lipinski definition) is 0. The fourth-order valence-electron chi connectivity index (χ4n) is 0.534. The summed E-state index contributed by atoms with van der Waals surface area (Å²) in [5, 5.41) is 1.46. The van der Waals surface area contributed by atoms with Gasteiger partial charge in [0.05, 0.1) is 0 Å². The summed E-state index contributed by atoms with van der Waals surface area (Å²) in [6, 6.07) is 10.5. The van der Waals surface area contributed by atoms with Gasteiger partial charge in [-0.2, -0.15) is 0 Å². The lowest BCUT2D eigenvalue weighted by Gasteiger charge is -1.82. The molecule has 1 aromatic carbocycles. The number of hydrogen-bond donors (Lipinski definition) is 0. The Morgan fingerprint density at radius 1 is 0.667 bits per heavy atom. The Bertz CT molecular complexity index is 146. The third-order valence-corrected chi connectivity index (χ3v) is 1.61. The molecule has 76 valence electrons. The van der Waals surface area contributed by atoms with Crippen molar-refractivity contribution in [3.63, 3.8) is 0 Å². The summed E-state index contributed by atoms with van der Waals surface area (Å²) in [6.45, 7) is 0. The molecule has 1 aromatic rings. The molecule has 0 aliphatic carbocycles. The van der Waals surface area contributed by atoms with Crippen LogP contribution in [-0.2, 0) is 0 Å². The third kappa shape index (κ3) is 12.0. The van der Waals surface area contributed by atoms with Gasteiger partial charge in [0, 0.05) is 10.2 Å². The van der Waals surface area contributed by atoms with Crippen LogP contribution in [0.4, 0.5) is 0 Å². The van der Waals surface area contributed by atoms with Gasteiger partial charge in [-0.1, -0.05) is 35.5 Å². The van der Waals surface area contributed by atoms with Crippen molar-refractivity contribution in [2.45, 2.75) is 0 Å². The molecular weight excluding hydrogens is 180 g/mol. The lowest BCUT2D eigenvalue weighted by atomic mass is 10.4. The highest BCUT2D eigenvalue weighted by Gasteiger charge is 1.72. The maximum Gasteiger partial charge on any atom is 0.0384 e. The van der Waals surface area contributed by atoms with Gasteiger partial charge >= 0.3 is 0 Å². The molecule has 0 aromatic heterocycles. The minimum Gasteiger partial charge on any atom is -0.412 e. The first-order chi connectivity index (χ1) is 3.39. The molecule has 0 bridgehead atoms. The van der Waals surface area contributed by atoms with Gasteiger partial charge in [0.2, 0.25) is 0 Å². The van der Waals surface area contributed by atoms with Gasteiger partial charge in [-0.05, 0) is 0 Å². The fraction of sp³-hybridized carbons (Fsp3) is 0. The zero-order valence-electron chi connectivity index (χ0n) is 6.89. The maximum atomic E-state index is 2.15. The summed E-state index contributed by atoms with van der Waals surface area (Å²) in [5.41, 5.74) is 0. The van der Waals surface area contributed by atoms with Crippen LogP contribution in [0.3, 0.4) is 0 Å². The molecule has 0 fully saturated rings.